The molecule has 0 heterocycles. The van der Waals surface area contributed by atoms with E-state index < -0.39 is 0 Å². The van der Waals surface area contributed by atoms with Crippen LogP contribution in [0.2, 0.25) is 0 Å². The zero-order chi connectivity index (χ0) is 15.2. The van der Waals surface area contributed by atoms with Crippen molar-refractivity contribution in [3.63, 3.8) is 0 Å². The lowest BCUT2D eigenvalue weighted by atomic mass is 9.87. The molecule has 0 radical (unpaired) electrons. The molecular weight excluding hydrogens is 250 g/mol. The molecule has 1 rings (SSSR count). The van der Waals surface area contributed by atoms with Gasteiger partial charge in [0.2, 0.25) is 0 Å². The predicted molar refractivity (Wildman–Crippen MR) is 82.6 cm³/mol. The third kappa shape index (κ3) is 4.64. The van der Waals surface area contributed by atoms with E-state index in [9.17, 15) is 4.79 Å². The van der Waals surface area contributed by atoms with Gasteiger partial charge in [-0.15, -0.1) is 0 Å². The van der Waals surface area contributed by atoms with Crippen LogP contribution in [0.3, 0.4) is 0 Å². The van der Waals surface area contributed by atoms with Gasteiger partial charge in [0, 0.05) is 0 Å². The number of carbonyl (C=O) groups excluding carboxylic acids is 1. The van der Waals surface area contributed by atoms with Gasteiger partial charge in [0.15, 0.2) is 0 Å². The lowest BCUT2D eigenvalue weighted by Crippen LogP contribution is -2.39. The van der Waals surface area contributed by atoms with Gasteiger partial charge >= 0.3 is 5.97 Å². The Labute approximate surface area is 122 Å². The molecule has 1 atom stereocenters. The van der Waals surface area contributed by atoms with Gasteiger partial charge in [0.1, 0.15) is 0 Å². The number of rotatable bonds is 7. The van der Waals surface area contributed by atoms with E-state index in [0.717, 1.165) is 12.0 Å². The first-order chi connectivity index (χ1) is 9.41. The molecule has 0 fully saturated rings. The maximum absolute atomic E-state index is 11.7. The van der Waals surface area contributed by atoms with Gasteiger partial charge in [-0.1, -0.05) is 38.1 Å². The number of ether oxygens (including phenoxy) is 1. The highest BCUT2D eigenvalue weighted by Crippen LogP contribution is 2.25. The molecule has 0 aliphatic heterocycles. The molecule has 0 bridgehead atoms. The Morgan fingerprint density at radius 3 is 2.35 bits per heavy atom. The van der Waals surface area contributed by atoms with E-state index in [1.165, 1.54) is 5.56 Å². The van der Waals surface area contributed by atoms with Crippen molar-refractivity contribution in [2.45, 2.75) is 46.1 Å². The zero-order valence-electron chi connectivity index (χ0n) is 13.3. The summed E-state index contributed by atoms with van der Waals surface area (Å²) in [6.07, 6.45) is 1.41. The molecule has 1 aromatic rings. The molecule has 20 heavy (non-hydrogen) atoms. The van der Waals surface area contributed by atoms with Crippen LogP contribution in [-0.4, -0.2) is 19.6 Å². The molecule has 0 aromatic heterocycles. The van der Waals surface area contributed by atoms with Gasteiger partial charge in [-0.3, -0.25) is 4.79 Å². The minimum Gasteiger partial charge on any atom is -0.466 e. The molecule has 1 aromatic carbocycles. The number of carbonyl (C=O) groups is 1. The van der Waals surface area contributed by atoms with Gasteiger partial charge in [-0.25, -0.2) is 0 Å². The highest BCUT2D eigenvalue weighted by Gasteiger charge is 2.28. The van der Waals surface area contributed by atoms with Crippen LogP contribution in [0.15, 0.2) is 24.3 Å². The van der Waals surface area contributed by atoms with Crippen LogP contribution in [0, 0.1) is 5.92 Å². The maximum Gasteiger partial charge on any atom is 0.307 e. The van der Waals surface area contributed by atoms with E-state index in [1.54, 1.807) is 0 Å². The highest BCUT2D eigenvalue weighted by molar-refractivity contribution is 5.71. The SMILES string of the molecule is CCOC(=O)CC(C)(NC)c1ccc(CC(C)C)cc1. The molecule has 0 saturated heterocycles. The van der Waals surface area contributed by atoms with Crippen LogP contribution < -0.4 is 5.32 Å². The summed E-state index contributed by atoms with van der Waals surface area (Å²) in [5, 5.41) is 3.24. The molecule has 3 heteroatoms. The molecular formula is C17H27NO2. The molecule has 0 amide bonds. The van der Waals surface area contributed by atoms with Crippen LogP contribution in [0.4, 0.5) is 0 Å². The van der Waals surface area contributed by atoms with Crippen molar-refractivity contribution >= 4 is 5.97 Å². The number of nitrogens with one attached hydrogen (secondary N) is 1. The van der Waals surface area contributed by atoms with E-state index in [-0.39, 0.29) is 11.5 Å². The fourth-order valence-electron chi connectivity index (χ4n) is 2.32. The van der Waals surface area contributed by atoms with Crippen LogP contribution in [-0.2, 0) is 21.5 Å². The minimum atomic E-state index is -0.386. The summed E-state index contributed by atoms with van der Waals surface area (Å²) in [7, 11) is 1.88. The van der Waals surface area contributed by atoms with Gasteiger partial charge in [-0.05, 0) is 44.4 Å². The summed E-state index contributed by atoms with van der Waals surface area (Å²) >= 11 is 0. The summed E-state index contributed by atoms with van der Waals surface area (Å²) in [5.74, 6) is 0.478. The minimum absolute atomic E-state index is 0.171. The summed E-state index contributed by atoms with van der Waals surface area (Å²) in [6, 6.07) is 8.51. The molecule has 112 valence electrons. The first kappa shape index (κ1) is 16.7. The Hall–Kier alpha value is -1.35. The lowest BCUT2D eigenvalue weighted by Gasteiger charge is -2.29. The van der Waals surface area contributed by atoms with Crippen molar-refractivity contribution in [1.29, 1.82) is 0 Å². The average molecular weight is 277 g/mol. The molecule has 1 N–H and O–H groups in total. The highest BCUT2D eigenvalue weighted by atomic mass is 16.5. The number of benzene rings is 1. The van der Waals surface area contributed by atoms with E-state index in [2.05, 4.69) is 43.4 Å². The van der Waals surface area contributed by atoms with Crippen LogP contribution in [0.5, 0.6) is 0 Å². The summed E-state index contributed by atoms with van der Waals surface area (Å²) < 4.78 is 5.06. The lowest BCUT2D eigenvalue weighted by molar-refractivity contribution is -0.144. The predicted octanol–water partition coefficient (Wildman–Crippen LogP) is 3.27. The molecule has 0 aliphatic carbocycles. The first-order valence-corrected chi connectivity index (χ1v) is 7.35. The first-order valence-electron chi connectivity index (χ1n) is 7.35. The van der Waals surface area contributed by atoms with Gasteiger partial charge < -0.3 is 10.1 Å². The maximum atomic E-state index is 11.7. The van der Waals surface area contributed by atoms with E-state index in [1.807, 2.05) is 20.9 Å². The third-order valence-electron chi connectivity index (χ3n) is 3.59. The number of esters is 1. The van der Waals surface area contributed by atoms with E-state index in [0.29, 0.717) is 18.9 Å². The summed E-state index contributed by atoms with van der Waals surface area (Å²) in [5.41, 5.74) is 2.06. The Morgan fingerprint density at radius 1 is 1.30 bits per heavy atom. The second-order valence-electron chi connectivity index (χ2n) is 5.86. The van der Waals surface area contributed by atoms with Crippen molar-refractivity contribution in [2.24, 2.45) is 5.92 Å². The second kappa shape index (κ2) is 7.44. The molecule has 1 unspecified atom stereocenters. The Bertz CT molecular complexity index is 425. The molecule has 0 saturated carbocycles. The van der Waals surface area contributed by atoms with E-state index in [4.69, 9.17) is 4.74 Å². The molecule has 0 spiro atoms. The van der Waals surface area contributed by atoms with E-state index >= 15 is 0 Å². The monoisotopic (exact) mass is 277 g/mol. The number of hydrogen-bond acceptors (Lipinski definition) is 3. The van der Waals surface area contributed by atoms with Gasteiger partial charge in [0.05, 0.1) is 18.6 Å². The second-order valence-corrected chi connectivity index (χ2v) is 5.86. The summed E-state index contributed by atoms with van der Waals surface area (Å²) in [6.45, 7) is 8.71. The van der Waals surface area contributed by atoms with Gasteiger partial charge in [0.25, 0.3) is 0 Å². The van der Waals surface area contributed by atoms with Crippen molar-refractivity contribution in [2.75, 3.05) is 13.7 Å². The topological polar surface area (TPSA) is 38.3 Å². The fraction of sp³-hybridized carbons (Fsp3) is 0.588. The average Bonchev–Trinajstić information content (AvgIpc) is 2.38. The number of hydrogen-bond donors (Lipinski definition) is 1. The van der Waals surface area contributed by atoms with Crippen molar-refractivity contribution in [3.05, 3.63) is 35.4 Å². The molecule has 0 aliphatic rings. The smallest absolute Gasteiger partial charge is 0.307 e. The quantitative estimate of drug-likeness (QED) is 0.777. The Balaban J connectivity index is 2.85. The van der Waals surface area contributed by atoms with Gasteiger partial charge in [-0.2, -0.15) is 0 Å². The van der Waals surface area contributed by atoms with Crippen LogP contribution >= 0.6 is 0 Å². The Kier molecular flexibility index (Phi) is 6.21. The van der Waals surface area contributed by atoms with Crippen LogP contribution in [0.25, 0.3) is 0 Å². The van der Waals surface area contributed by atoms with Crippen LogP contribution in [0.1, 0.15) is 45.2 Å². The third-order valence-corrected chi connectivity index (χ3v) is 3.59. The van der Waals surface area contributed by atoms with Crippen molar-refractivity contribution in [3.8, 4) is 0 Å². The zero-order valence-corrected chi connectivity index (χ0v) is 13.3. The molecule has 3 nitrogen and oxygen atoms in total. The largest absolute Gasteiger partial charge is 0.466 e. The normalized spacial score (nSPS) is 14.1. The van der Waals surface area contributed by atoms with Crippen molar-refractivity contribution in [1.82, 2.24) is 5.32 Å². The van der Waals surface area contributed by atoms with Crippen molar-refractivity contribution < 1.29 is 9.53 Å². The fourth-order valence-corrected chi connectivity index (χ4v) is 2.32. The summed E-state index contributed by atoms with van der Waals surface area (Å²) in [4.78, 5) is 11.7. The Morgan fingerprint density at radius 2 is 1.90 bits per heavy atom. The standard InChI is InChI=1S/C17H27NO2/c1-6-20-16(19)12-17(4,18-5)15-9-7-14(8-10-15)11-13(2)3/h7-10,13,18H,6,11-12H2,1-5H3.